The number of aliphatic hydroxyl groups is 1. The van der Waals surface area contributed by atoms with E-state index in [0.717, 1.165) is 0 Å². The van der Waals surface area contributed by atoms with Crippen molar-refractivity contribution in [2.45, 2.75) is 19.3 Å². The first-order valence-corrected chi connectivity index (χ1v) is 6.78. The van der Waals surface area contributed by atoms with E-state index in [1.54, 1.807) is 0 Å². The number of carbonyl (C=O) groups excluding carboxylic acids is 1. The van der Waals surface area contributed by atoms with Gasteiger partial charge in [0.1, 0.15) is 0 Å². The molecule has 1 unspecified atom stereocenters. The van der Waals surface area contributed by atoms with Crippen LogP contribution in [-0.4, -0.2) is 49.8 Å². The van der Waals surface area contributed by atoms with Crippen molar-refractivity contribution in [1.82, 2.24) is 4.90 Å². The highest BCUT2D eigenvalue weighted by atomic mass is 32.3. The molecule has 0 aliphatic carbocycles. The van der Waals surface area contributed by atoms with Crippen LogP contribution in [0.4, 0.5) is 3.89 Å². The van der Waals surface area contributed by atoms with E-state index in [2.05, 4.69) is 0 Å². The van der Waals surface area contributed by atoms with Gasteiger partial charge in [-0.05, 0) is 12.8 Å². The lowest BCUT2D eigenvalue weighted by Crippen LogP contribution is -2.27. The molecule has 5 nitrogen and oxygen atoms in total. The molecular formula is C9H16FNO4S. The fourth-order valence-corrected chi connectivity index (χ4v) is 2.66. The highest BCUT2D eigenvalue weighted by Crippen LogP contribution is 2.20. The molecule has 0 spiro atoms. The van der Waals surface area contributed by atoms with Gasteiger partial charge in [-0.2, -0.15) is 8.42 Å². The number of halogens is 1. The maximum absolute atomic E-state index is 12.4. The Kier molecular flexibility index (Phi) is 4.67. The van der Waals surface area contributed by atoms with Crippen molar-refractivity contribution >= 4 is 16.1 Å². The lowest BCUT2D eigenvalue weighted by molar-refractivity contribution is -0.127. The Morgan fingerprint density at radius 2 is 2.12 bits per heavy atom. The second kappa shape index (κ2) is 5.58. The predicted molar refractivity (Wildman–Crippen MR) is 55.9 cm³/mol. The molecule has 1 atom stereocenters. The van der Waals surface area contributed by atoms with Gasteiger partial charge < -0.3 is 10.0 Å². The number of aliphatic hydroxyl groups excluding tert-OH is 1. The number of hydrogen-bond acceptors (Lipinski definition) is 4. The van der Waals surface area contributed by atoms with Crippen LogP contribution in [0.3, 0.4) is 0 Å². The van der Waals surface area contributed by atoms with Crippen molar-refractivity contribution in [3.05, 3.63) is 0 Å². The fourth-order valence-electron chi connectivity index (χ4n) is 1.88. The van der Waals surface area contributed by atoms with Crippen molar-refractivity contribution in [3.63, 3.8) is 0 Å². The molecule has 0 radical (unpaired) electrons. The molecule has 94 valence electrons. The van der Waals surface area contributed by atoms with E-state index < -0.39 is 21.9 Å². The quantitative estimate of drug-likeness (QED) is 0.530. The molecule has 1 heterocycles. The molecular weight excluding hydrogens is 237 g/mol. The summed E-state index contributed by atoms with van der Waals surface area (Å²) < 4.78 is 33.3. The Hall–Kier alpha value is -0.690. The van der Waals surface area contributed by atoms with Gasteiger partial charge in [0.15, 0.2) is 0 Å². The van der Waals surface area contributed by atoms with Gasteiger partial charge in [0.05, 0.1) is 5.75 Å². The summed E-state index contributed by atoms with van der Waals surface area (Å²) in [5.74, 6) is -1.14. The summed E-state index contributed by atoms with van der Waals surface area (Å²) in [6.07, 6.45) is 1.38. The summed E-state index contributed by atoms with van der Waals surface area (Å²) >= 11 is 0. The largest absolute Gasteiger partial charge is 0.396 e. The van der Waals surface area contributed by atoms with E-state index in [1.165, 1.54) is 4.90 Å². The Balaban J connectivity index is 2.38. The normalized spacial score (nSPS) is 21.8. The van der Waals surface area contributed by atoms with E-state index in [4.69, 9.17) is 5.11 Å². The number of likely N-dealkylation sites (tertiary alicyclic amines) is 1. The van der Waals surface area contributed by atoms with Crippen LogP contribution in [0.2, 0.25) is 0 Å². The van der Waals surface area contributed by atoms with Crippen LogP contribution in [0, 0.1) is 5.92 Å². The van der Waals surface area contributed by atoms with Crippen LogP contribution in [-0.2, 0) is 15.0 Å². The van der Waals surface area contributed by atoms with Gasteiger partial charge in [-0.3, -0.25) is 4.79 Å². The fraction of sp³-hybridized carbons (Fsp3) is 0.889. The van der Waals surface area contributed by atoms with Gasteiger partial charge in [-0.1, -0.05) is 0 Å². The zero-order valence-corrected chi connectivity index (χ0v) is 9.75. The summed E-state index contributed by atoms with van der Waals surface area (Å²) in [6.45, 7) is 0.875. The van der Waals surface area contributed by atoms with Gasteiger partial charge in [0.25, 0.3) is 0 Å². The lowest BCUT2D eigenvalue weighted by Gasteiger charge is -2.15. The van der Waals surface area contributed by atoms with E-state index in [0.29, 0.717) is 25.9 Å². The monoisotopic (exact) mass is 253 g/mol. The maximum Gasteiger partial charge on any atom is 0.302 e. The average molecular weight is 253 g/mol. The van der Waals surface area contributed by atoms with E-state index in [-0.39, 0.29) is 18.9 Å². The van der Waals surface area contributed by atoms with Crippen LogP contribution in [0.1, 0.15) is 19.3 Å². The van der Waals surface area contributed by atoms with Crippen molar-refractivity contribution < 1.29 is 22.2 Å². The molecule has 0 aromatic carbocycles. The molecule has 0 saturated carbocycles. The van der Waals surface area contributed by atoms with Crippen LogP contribution >= 0.6 is 0 Å². The van der Waals surface area contributed by atoms with Crippen molar-refractivity contribution in [1.29, 1.82) is 0 Å². The number of carbonyl (C=O) groups is 1. The summed E-state index contributed by atoms with van der Waals surface area (Å²) in [5.41, 5.74) is 0. The van der Waals surface area contributed by atoms with Crippen LogP contribution in [0.5, 0.6) is 0 Å². The standard InChI is InChI=1S/C9H16FNO4S/c10-16(14,15)7-8-5-9(13)11(6-8)3-1-2-4-12/h8,12H,1-7H2. The molecule has 1 saturated heterocycles. The molecule has 16 heavy (non-hydrogen) atoms. The molecule has 1 aliphatic heterocycles. The molecule has 1 aliphatic rings. The van der Waals surface area contributed by atoms with Crippen LogP contribution in [0.15, 0.2) is 0 Å². The Bertz CT molecular complexity index is 343. The number of amides is 1. The topological polar surface area (TPSA) is 74.7 Å². The number of nitrogens with zero attached hydrogens (tertiary/aromatic N) is 1. The minimum Gasteiger partial charge on any atom is -0.396 e. The van der Waals surface area contributed by atoms with Crippen molar-refractivity contribution in [2.24, 2.45) is 5.92 Å². The molecule has 0 bridgehead atoms. The molecule has 0 aromatic heterocycles. The molecule has 1 amide bonds. The summed E-state index contributed by atoms with van der Waals surface area (Å²) in [4.78, 5) is 12.9. The second-order valence-electron chi connectivity index (χ2n) is 4.05. The third kappa shape index (κ3) is 4.44. The Labute approximate surface area is 94.5 Å². The Morgan fingerprint density at radius 3 is 2.69 bits per heavy atom. The Morgan fingerprint density at radius 1 is 1.44 bits per heavy atom. The summed E-state index contributed by atoms with van der Waals surface area (Å²) in [6, 6.07) is 0. The third-order valence-corrected chi connectivity index (χ3v) is 3.44. The maximum atomic E-state index is 12.4. The third-order valence-electron chi connectivity index (χ3n) is 2.57. The summed E-state index contributed by atoms with van der Waals surface area (Å²) in [5, 5.41) is 8.58. The first kappa shape index (κ1) is 13.4. The van der Waals surface area contributed by atoms with Gasteiger partial charge in [-0.15, -0.1) is 3.89 Å². The van der Waals surface area contributed by atoms with E-state index >= 15 is 0 Å². The van der Waals surface area contributed by atoms with Crippen molar-refractivity contribution in [3.8, 4) is 0 Å². The highest BCUT2D eigenvalue weighted by Gasteiger charge is 2.32. The van der Waals surface area contributed by atoms with E-state index in [9.17, 15) is 17.1 Å². The van der Waals surface area contributed by atoms with Crippen LogP contribution < -0.4 is 0 Å². The predicted octanol–water partition coefficient (Wildman–Crippen LogP) is -0.0933. The molecule has 7 heteroatoms. The number of rotatable bonds is 6. The smallest absolute Gasteiger partial charge is 0.302 e. The van der Waals surface area contributed by atoms with Gasteiger partial charge in [0, 0.05) is 32.0 Å². The molecule has 1 fully saturated rings. The zero-order valence-electron chi connectivity index (χ0n) is 8.93. The first-order chi connectivity index (χ1) is 7.42. The minimum atomic E-state index is -4.50. The molecule has 0 aromatic rings. The summed E-state index contributed by atoms with van der Waals surface area (Å²) in [7, 11) is -4.50. The van der Waals surface area contributed by atoms with Gasteiger partial charge >= 0.3 is 10.2 Å². The molecule has 1 N–H and O–H groups in total. The highest BCUT2D eigenvalue weighted by molar-refractivity contribution is 7.86. The van der Waals surface area contributed by atoms with Gasteiger partial charge in [-0.25, -0.2) is 0 Å². The number of unbranched alkanes of at least 4 members (excludes halogenated alkanes) is 1. The van der Waals surface area contributed by atoms with Gasteiger partial charge in [0.2, 0.25) is 5.91 Å². The molecule has 1 rings (SSSR count). The van der Waals surface area contributed by atoms with Crippen molar-refractivity contribution in [2.75, 3.05) is 25.4 Å². The average Bonchev–Trinajstić information content (AvgIpc) is 2.44. The first-order valence-electron chi connectivity index (χ1n) is 5.23. The van der Waals surface area contributed by atoms with E-state index in [1.807, 2.05) is 0 Å². The number of hydrogen-bond donors (Lipinski definition) is 1. The van der Waals surface area contributed by atoms with Crippen LogP contribution in [0.25, 0.3) is 0 Å². The SMILES string of the molecule is O=C1CC(CS(=O)(=O)F)CN1CCCCO. The minimum absolute atomic E-state index is 0.0737. The second-order valence-corrected chi connectivity index (χ2v) is 5.46. The lowest BCUT2D eigenvalue weighted by atomic mass is 10.1. The zero-order chi connectivity index (χ0) is 12.2.